The van der Waals surface area contributed by atoms with Crippen LogP contribution in [0.25, 0.3) is 5.78 Å². The third kappa shape index (κ3) is 4.26. The number of benzene rings is 1. The molecule has 0 radical (unpaired) electrons. The summed E-state index contributed by atoms with van der Waals surface area (Å²) in [5, 5.41) is 4.16. The molecular weight excluding hydrogens is 417 g/mol. The molecule has 1 saturated heterocycles. The van der Waals surface area contributed by atoms with E-state index in [1.165, 1.54) is 29.0 Å². The van der Waals surface area contributed by atoms with Gasteiger partial charge in [-0.25, -0.2) is 18.3 Å². The summed E-state index contributed by atoms with van der Waals surface area (Å²) in [7, 11) is 0. The topological polar surface area (TPSA) is 46.3 Å². The molecule has 0 bridgehead atoms. The highest BCUT2D eigenvalue weighted by Gasteiger charge is 2.34. The molecule has 3 atom stereocenters. The van der Waals surface area contributed by atoms with Crippen LogP contribution in [0.2, 0.25) is 0 Å². The lowest BCUT2D eigenvalue weighted by molar-refractivity contribution is -0.137. The first kappa shape index (κ1) is 21.6. The number of fused-ring (bicyclic) bond motifs is 1. The smallest absolute Gasteiger partial charge is 0.296 e. The minimum atomic E-state index is -4.37. The summed E-state index contributed by atoms with van der Waals surface area (Å²) in [5.41, 5.74) is 0.374. The second-order valence-corrected chi connectivity index (χ2v) is 8.04. The zero-order chi connectivity index (χ0) is 22.3. The van der Waals surface area contributed by atoms with Gasteiger partial charge in [0.2, 0.25) is 0 Å². The monoisotopic (exact) mass is 439 g/mol. The van der Waals surface area contributed by atoms with E-state index in [9.17, 15) is 22.0 Å². The zero-order valence-electron chi connectivity index (χ0n) is 17.0. The first-order valence-electron chi connectivity index (χ1n) is 10.0. The van der Waals surface area contributed by atoms with E-state index in [0.717, 1.165) is 30.7 Å². The van der Waals surface area contributed by atoms with E-state index in [0.29, 0.717) is 12.2 Å². The van der Waals surface area contributed by atoms with Gasteiger partial charge in [0.05, 0.1) is 11.3 Å². The molecule has 2 aromatic heterocycles. The fraction of sp³-hybridized carbons (Fsp3) is 0.476. The van der Waals surface area contributed by atoms with Crippen LogP contribution in [0.1, 0.15) is 61.2 Å². The summed E-state index contributed by atoms with van der Waals surface area (Å²) in [4.78, 5) is 10.0. The molecule has 31 heavy (non-hydrogen) atoms. The number of piperidine rings is 1. The third-order valence-electron chi connectivity index (χ3n) is 6.16. The Balaban J connectivity index is 1.62. The fourth-order valence-corrected chi connectivity index (χ4v) is 4.22. The minimum absolute atomic E-state index is 0.102. The van der Waals surface area contributed by atoms with Crippen molar-refractivity contribution < 1.29 is 22.0 Å². The molecule has 0 unspecified atom stereocenters. The molecule has 0 spiro atoms. The van der Waals surface area contributed by atoms with Gasteiger partial charge in [0.1, 0.15) is 12.0 Å². The van der Waals surface area contributed by atoms with Crippen LogP contribution in [-0.2, 0) is 6.18 Å². The van der Waals surface area contributed by atoms with Crippen molar-refractivity contribution in [1.82, 2.24) is 24.5 Å². The van der Waals surface area contributed by atoms with Crippen molar-refractivity contribution in [3.05, 3.63) is 59.2 Å². The Morgan fingerprint density at radius 2 is 1.84 bits per heavy atom. The van der Waals surface area contributed by atoms with Crippen molar-refractivity contribution in [1.29, 1.82) is 0 Å². The van der Waals surface area contributed by atoms with Crippen molar-refractivity contribution in [2.24, 2.45) is 5.92 Å². The molecule has 3 aromatic rings. The van der Waals surface area contributed by atoms with Crippen LogP contribution in [0, 0.1) is 5.92 Å². The lowest BCUT2D eigenvalue weighted by atomic mass is 9.83. The Morgan fingerprint density at radius 3 is 2.48 bits per heavy atom. The van der Waals surface area contributed by atoms with E-state index in [1.54, 1.807) is 0 Å². The van der Waals surface area contributed by atoms with Crippen molar-refractivity contribution in [2.75, 3.05) is 13.1 Å². The molecule has 166 valence electrons. The number of hydrogen-bond acceptors (Lipinski definition) is 4. The van der Waals surface area contributed by atoms with Crippen molar-refractivity contribution >= 4 is 5.78 Å². The van der Waals surface area contributed by atoms with Gasteiger partial charge in [0, 0.05) is 18.5 Å². The standard InChI is InChI=1S/C21H22F5N5/c1-12-7-8-30(13(2)14-3-5-15(6-4-14)21(24,25)26)10-16(12)18-9-17(19(22)23)29-20-27-11-28-31(18)20/h3-6,9,11-13,16,19H,7-8,10H2,1-2H3/t12-,13+,16-/m1/s1. The van der Waals surface area contributed by atoms with Crippen LogP contribution < -0.4 is 0 Å². The van der Waals surface area contributed by atoms with Crippen molar-refractivity contribution in [3.63, 3.8) is 0 Å². The summed E-state index contributed by atoms with van der Waals surface area (Å²) in [6.07, 6.45) is -4.99. The van der Waals surface area contributed by atoms with Crippen molar-refractivity contribution in [2.45, 2.75) is 44.8 Å². The maximum absolute atomic E-state index is 13.4. The van der Waals surface area contributed by atoms with E-state index < -0.39 is 18.2 Å². The first-order valence-corrected chi connectivity index (χ1v) is 10.0. The molecule has 5 nitrogen and oxygen atoms in total. The molecular formula is C21H22F5N5. The van der Waals surface area contributed by atoms with E-state index in [2.05, 4.69) is 26.9 Å². The molecule has 1 aliphatic rings. The van der Waals surface area contributed by atoms with Gasteiger partial charge >= 0.3 is 6.18 Å². The minimum Gasteiger partial charge on any atom is -0.296 e. The Bertz CT molecular complexity index is 1050. The van der Waals surface area contributed by atoms with Crippen LogP contribution in [0.3, 0.4) is 0 Å². The molecule has 0 amide bonds. The number of rotatable bonds is 4. The average molecular weight is 439 g/mol. The van der Waals surface area contributed by atoms with Gasteiger partial charge in [-0.15, -0.1) is 0 Å². The molecule has 0 N–H and O–H groups in total. The highest BCUT2D eigenvalue weighted by Crippen LogP contribution is 2.37. The zero-order valence-corrected chi connectivity index (χ0v) is 17.0. The molecule has 0 aliphatic carbocycles. The van der Waals surface area contributed by atoms with E-state index >= 15 is 0 Å². The summed E-state index contributed by atoms with van der Waals surface area (Å²) < 4.78 is 66.9. The second-order valence-electron chi connectivity index (χ2n) is 8.04. The molecule has 1 aromatic carbocycles. The number of halogens is 5. The van der Waals surface area contributed by atoms with E-state index in [4.69, 9.17) is 0 Å². The average Bonchev–Trinajstić information content (AvgIpc) is 3.21. The van der Waals surface area contributed by atoms with Gasteiger partial charge in [-0.2, -0.15) is 23.3 Å². The van der Waals surface area contributed by atoms with Gasteiger partial charge in [-0.05, 0) is 49.6 Å². The number of hydrogen-bond donors (Lipinski definition) is 0. The first-order chi connectivity index (χ1) is 14.6. The second kappa shape index (κ2) is 8.14. The van der Waals surface area contributed by atoms with E-state index in [1.807, 2.05) is 6.92 Å². The fourth-order valence-electron chi connectivity index (χ4n) is 4.22. The predicted molar refractivity (Wildman–Crippen MR) is 104 cm³/mol. The summed E-state index contributed by atoms with van der Waals surface area (Å²) in [6, 6.07) is 6.44. The van der Waals surface area contributed by atoms with Crippen molar-refractivity contribution in [3.8, 4) is 0 Å². The third-order valence-corrected chi connectivity index (χ3v) is 6.16. The quantitative estimate of drug-likeness (QED) is 0.520. The number of alkyl halides is 5. The SMILES string of the molecule is C[C@@H]1CCN([C@@H](C)c2ccc(C(F)(F)F)cc2)C[C@H]1c1cc(C(F)F)nc2ncnn12. The van der Waals surface area contributed by atoms with Crippen LogP contribution >= 0.6 is 0 Å². The van der Waals surface area contributed by atoms with Crippen LogP contribution in [0.15, 0.2) is 36.7 Å². The summed E-state index contributed by atoms with van der Waals surface area (Å²) >= 11 is 0. The van der Waals surface area contributed by atoms with Crippen LogP contribution in [0.5, 0.6) is 0 Å². The molecule has 10 heteroatoms. The molecule has 1 aliphatic heterocycles. The van der Waals surface area contributed by atoms with Gasteiger partial charge in [0.25, 0.3) is 12.2 Å². The molecule has 3 heterocycles. The summed E-state index contributed by atoms with van der Waals surface area (Å²) in [5.74, 6) is 0.236. The van der Waals surface area contributed by atoms with Crippen LogP contribution in [0.4, 0.5) is 22.0 Å². The number of likely N-dealkylation sites (tertiary alicyclic amines) is 1. The predicted octanol–water partition coefficient (Wildman–Crippen LogP) is 5.27. The Morgan fingerprint density at radius 1 is 1.13 bits per heavy atom. The normalized spacial score (nSPS) is 21.7. The van der Waals surface area contributed by atoms with Gasteiger partial charge in [0.15, 0.2) is 0 Å². The maximum atomic E-state index is 13.4. The van der Waals surface area contributed by atoms with Gasteiger partial charge < -0.3 is 0 Å². The van der Waals surface area contributed by atoms with Gasteiger partial charge in [-0.1, -0.05) is 19.1 Å². The number of nitrogens with zero attached hydrogens (tertiary/aromatic N) is 5. The Kier molecular flexibility index (Phi) is 5.67. The molecule has 0 saturated carbocycles. The highest BCUT2D eigenvalue weighted by atomic mass is 19.4. The maximum Gasteiger partial charge on any atom is 0.416 e. The lowest BCUT2D eigenvalue weighted by Crippen LogP contribution is -2.40. The van der Waals surface area contributed by atoms with E-state index in [-0.39, 0.29) is 29.3 Å². The molecule has 1 fully saturated rings. The largest absolute Gasteiger partial charge is 0.416 e. The van der Waals surface area contributed by atoms with Gasteiger partial charge in [-0.3, -0.25) is 4.90 Å². The molecule has 4 rings (SSSR count). The highest BCUT2D eigenvalue weighted by molar-refractivity contribution is 5.33. The Labute approximate surface area is 175 Å². The Hall–Kier alpha value is -2.62. The van der Waals surface area contributed by atoms with Crippen LogP contribution in [-0.4, -0.2) is 37.6 Å². The lowest BCUT2D eigenvalue weighted by Gasteiger charge is -2.40. The summed E-state index contributed by atoms with van der Waals surface area (Å²) in [6.45, 7) is 5.33. The number of aromatic nitrogens is 4.